The Balaban J connectivity index is 1.36. The third-order valence-electron chi connectivity index (χ3n) is 5.29. The molecule has 1 aromatic carbocycles. The Morgan fingerprint density at radius 1 is 1.29 bits per heavy atom. The van der Waals surface area contributed by atoms with E-state index in [0.29, 0.717) is 13.0 Å². The monoisotopic (exact) mass is 396 g/mol. The third kappa shape index (κ3) is 3.97. The Kier molecular flexibility index (Phi) is 5.48. The highest BCUT2D eigenvalue weighted by molar-refractivity contribution is 7.10. The van der Waals surface area contributed by atoms with Crippen LogP contribution in [0, 0.1) is 13.8 Å². The average Bonchev–Trinajstić information content (AvgIpc) is 3.43. The molecule has 1 aliphatic heterocycles. The molecule has 1 aliphatic rings. The molecule has 5 nitrogen and oxygen atoms in total. The Labute approximate surface area is 168 Å². The lowest BCUT2D eigenvalue weighted by molar-refractivity contribution is -0.131. The van der Waals surface area contributed by atoms with Gasteiger partial charge in [-0.2, -0.15) is 0 Å². The molecule has 0 N–H and O–H groups in total. The maximum absolute atomic E-state index is 12.8. The number of hydrogen-bond acceptors (Lipinski definition) is 5. The van der Waals surface area contributed by atoms with Gasteiger partial charge in [0.15, 0.2) is 0 Å². The zero-order valence-corrected chi connectivity index (χ0v) is 17.0. The molecule has 1 atom stereocenters. The van der Waals surface area contributed by atoms with Gasteiger partial charge in [-0.05, 0) is 55.8 Å². The molecule has 2 aromatic heterocycles. The summed E-state index contributed by atoms with van der Waals surface area (Å²) in [6.45, 7) is 5.07. The largest absolute Gasteiger partial charge is 0.489 e. The molecule has 146 valence electrons. The van der Waals surface area contributed by atoms with Gasteiger partial charge in [-0.25, -0.2) is 0 Å². The van der Waals surface area contributed by atoms with Crippen molar-refractivity contribution in [1.29, 1.82) is 0 Å². The zero-order valence-electron chi connectivity index (χ0n) is 16.2. The van der Waals surface area contributed by atoms with E-state index in [9.17, 15) is 4.79 Å². The summed E-state index contributed by atoms with van der Waals surface area (Å²) in [5.74, 6) is 1.75. The fourth-order valence-electron chi connectivity index (χ4n) is 3.69. The van der Waals surface area contributed by atoms with Gasteiger partial charge in [0.2, 0.25) is 5.91 Å². The number of carbonyl (C=O) groups excluding carboxylic acids is 1. The first-order valence-electron chi connectivity index (χ1n) is 9.58. The fraction of sp³-hybridized carbons (Fsp3) is 0.364. The van der Waals surface area contributed by atoms with Crippen molar-refractivity contribution in [3.8, 4) is 5.75 Å². The van der Waals surface area contributed by atoms with Crippen molar-refractivity contribution in [2.75, 3.05) is 6.54 Å². The minimum Gasteiger partial charge on any atom is -0.489 e. The summed E-state index contributed by atoms with van der Waals surface area (Å²) < 4.78 is 11.0. The first-order chi connectivity index (χ1) is 13.6. The van der Waals surface area contributed by atoms with Gasteiger partial charge < -0.3 is 14.2 Å². The lowest BCUT2D eigenvalue weighted by Gasteiger charge is -2.24. The number of nitrogens with zero attached hydrogens (tertiary/aromatic N) is 2. The Bertz CT molecular complexity index is 912. The van der Waals surface area contributed by atoms with E-state index in [2.05, 4.69) is 22.7 Å². The maximum Gasteiger partial charge on any atom is 0.227 e. The standard InChI is InChI=1S/C22H24N2O3S/c1-15-19(16(2)27-23-15)14-26-18-9-7-17(8-10-18)13-22(25)24-11-3-5-20(24)21-6-4-12-28-21/h4,6-10,12,20H,3,5,11,13-14H2,1-2H3/t20-/m0/s1. The molecule has 4 rings (SSSR count). The second-order valence-electron chi connectivity index (χ2n) is 7.17. The van der Waals surface area contributed by atoms with Crippen LogP contribution in [0.5, 0.6) is 5.75 Å². The molecule has 3 heterocycles. The summed E-state index contributed by atoms with van der Waals surface area (Å²) in [6.07, 6.45) is 2.55. The van der Waals surface area contributed by atoms with Crippen molar-refractivity contribution >= 4 is 17.2 Å². The minimum atomic E-state index is 0.195. The smallest absolute Gasteiger partial charge is 0.227 e. The number of rotatable bonds is 6. The van der Waals surface area contributed by atoms with Gasteiger partial charge in [-0.3, -0.25) is 4.79 Å². The van der Waals surface area contributed by atoms with Crippen molar-refractivity contribution in [3.63, 3.8) is 0 Å². The van der Waals surface area contributed by atoms with Gasteiger partial charge in [0.25, 0.3) is 0 Å². The average molecular weight is 397 g/mol. The number of aromatic nitrogens is 1. The van der Waals surface area contributed by atoms with Crippen LogP contribution >= 0.6 is 11.3 Å². The normalized spacial score (nSPS) is 16.5. The predicted octanol–water partition coefficient (Wildman–Crippen LogP) is 4.84. The van der Waals surface area contributed by atoms with Crippen molar-refractivity contribution in [2.45, 2.75) is 45.8 Å². The SMILES string of the molecule is Cc1noc(C)c1COc1ccc(CC(=O)N2CCC[C@H]2c2cccs2)cc1. The molecule has 1 fully saturated rings. The lowest BCUT2D eigenvalue weighted by Crippen LogP contribution is -2.31. The number of hydrogen-bond donors (Lipinski definition) is 0. The molecular weight excluding hydrogens is 372 g/mol. The van der Waals surface area contributed by atoms with E-state index >= 15 is 0 Å². The number of benzene rings is 1. The Hall–Kier alpha value is -2.60. The number of thiophene rings is 1. The van der Waals surface area contributed by atoms with Gasteiger partial charge in [-0.1, -0.05) is 23.4 Å². The quantitative estimate of drug-likeness (QED) is 0.598. The van der Waals surface area contributed by atoms with Crippen molar-refractivity contribution in [3.05, 3.63) is 69.2 Å². The zero-order chi connectivity index (χ0) is 19.5. The van der Waals surface area contributed by atoms with E-state index < -0.39 is 0 Å². The predicted molar refractivity (Wildman–Crippen MR) is 108 cm³/mol. The summed E-state index contributed by atoms with van der Waals surface area (Å²) in [6, 6.07) is 12.2. The topological polar surface area (TPSA) is 55.6 Å². The van der Waals surface area contributed by atoms with Crippen LogP contribution in [0.25, 0.3) is 0 Å². The van der Waals surface area contributed by atoms with Crippen LogP contribution in [-0.4, -0.2) is 22.5 Å². The van der Waals surface area contributed by atoms with E-state index in [-0.39, 0.29) is 11.9 Å². The Morgan fingerprint density at radius 3 is 2.79 bits per heavy atom. The molecule has 0 bridgehead atoms. The van der Waals surface area contributed by atoms with Crippen molar-refractivity contribution in [2.24, 2.45) is 0 Å². The lowest BCUT2D eigenvalue weighted by atomic mass is 10.1. The van der Waals surface area contributed by atoms with Gasteiger partial charge in [0.1, 0.15) is 18.1 Å². The van der Waals surface area contributed by atoms with Gasteiger partial charge in [0, 0.05) is 11.4 Å². The summed E-state index contributed by atoms with van der Waals surface area (Å²) in [5.41, 5.74) is 2.84. The van der Waals surface area contributed by atoms with Crippen LogP contribution in [0.2, 0.25) is 0 Å². The van der Waals surface area contributed by atoms with Crippen LogP contribution < -0.4 is 4.74 Å². The summed E-state index contributed by atoms with van der Waals surface area (Å²) in [5, 5.41) is 6.02. The van der Waals surface area contributed by atoms with Crippen LogP contribution in [0.1, 0.15) is 46.3 Å². The van der Waals surface area contributed by atoms with Crippen LogP contribution in [0.3, 0.4) is 0 Å². The highest BCUT2D eigenvalue weighted by Gasteiger charge is 2.30. The summed E-state index contributed by atoms with van der Waals surface area (Å²) >= 11 is 1.73. The van der Waals surface area contributed by atoms with Crippen LogP contribution in [-0.2, 0) is 17.8 Å². The molecular formula is C22H24N2O3S. The minimum absolute atomic E-state index is 0.195. The number of likely N-dealkylation sites (tertiary alicyclic amines) is 1. The number of amides is 1. The fourth-order valence-corrected chi connectivity index (χ4v) is 4.56. The first-order valence-corrected chi connectivity index (χ1v) is 10.5. The molecule has 0 saturated carbocycles. The van der Waals surface area contributed by atoms with E-state index in [4.69, 9.17) is 9.26 Å². The molecule has 3 aromatic rings. The van der Waals surface area contributed by atoms with Crippen molar-refractivity contribution < 1.29 is 14.1 Å². The molecule has 0 aliphatic carbocycles. The number of ether oxygens (including phenoxy) is 1. The third-order valence-corrected chi connectivity index (χ3v) is 6.26. The first kappa shape index (κ1) is 18.7. The summed E-state index contributed by atoms with van der Waals surface area (Å²) in [7, 11) is 0. The second-order valence-corrected chi connectivity index (χ2v) is 8.15. The number of carbonyl (C=O) groups is 1. The van der Waals surface area contributed by atoms with Gasteiger partial charge >= 0.3 is 0 Å². The molecule has 1 amide bonds. The second kappa shape index (κ2) is 8.19. The van der Waals surface area contributed by atoms with Gasteiger partial charge in [-0.15, -0.1) is 11.3 Å². The molecule has 6 heteroatoms. The highest BCUT2D eigenvalue weighted by Crippen LogP contribution is 2.34. The van der Waals surface area contributed by atoms with Crippen LogP contribution in [0.15, 0.2) is 46.3 Å². The van der Waals surface area contributed by atoms with Crippen molar-refractivity contribution in [1.82, 2.24) is 10.1 Å². The molecule has 1 saturated heterocycles. The van der Waals surface area contributed by atoms with Gasteiger partial charge in [0.05, 0.1) is 23.7 Å². The van der Waals surface area contributed by atoms with Crippen LogP contribution in [0.4, 0.5) is 0 Å². The van der Waals surface area contributed by atoms with E-state index in [1.165, 1.54) is 4.88 Å². The summed E-state index contributed by atoms with van der Waals surface area (Å²) in [4.78, 5) is 16.2. The highest BCUT2D eigenvalue weighted by atomic mass is 32.1. The van der Waals surface area contributed by atoms with E-state index in [1.54, 1.807) is 11.3 Å². The molecule has 0 radical (unpaired) electrons. The maximum atomic E-state index is 12.8. The molecule has 0 spiro atoms. The Morgan fingerprint density at radius 2 is 2.11 bits per heavy atom. The van der Waals surface area contributed by atoms with E-state index in [0.717, 1.165) is 47.7 Å². The molecule has 28 heavy (non-hydrogen) atoms. The molecule has 0 unspecified atom stereocenters. The number of aryl methyl sites for hydroxylation is 2. The van der Waals surface area contributed by atoms with E-state index in [1.807, 2.05) is 43.0 Å².